The normalized spacial score (nSPS) is 20.6. The smallest absolute Gasteiger partial charge is 0.276 e. The first-order valence-electron chi connectivity index (χ1n) is 9.14. The van der Waals surface area contributed by atoms with E-state index in [1.54, 1.807) is 17.3 Å². The van der Waals surface area contributed by atoms with Crippen molar-refractivity contribution in [3.63, 3.8) is 0 Å². The van der Waals surface area contributed by atoms with Crippen LogP contribution in [-0.4, -0.2) is 63.8 Å². The first-order chi connectivity index (χ1) is 12.8. The van der Waals surface area contributed by atoms with Gasteiger partial charge in [0.25, 0.3) is 5.91 Å². The molecule has 0 radical (unpaired) electrons. The number of aromatic nitrogens is 3. The molecule has 2 aromatic heterocycles. The zero-order chi connectivity index (χ0) is 17.9. The highest BCUT2D eigenvalue weighted by molar-refractivity contribution is 5.92. The van der Waals surface area contributed by atoms with Crippen molar-refractivity contribution in [3.05, 3.63) is 35.6 Å². The third-order valence-corrected chi connectivity index (χ3v) is 5.28. The van der Waals surface area contributed by atoms with E-state index in [0.717, 1.165) is 49.4 Å². The van der Waals surface area contributed by atoms with Gasteiger partial charge in [0.1, 0.15) is 18.4 Å². The first kappa shape index (κ1) is 17.0. The summed E-state index contributed by atoms with van der Waals surface area (Å²) in [5.74, 6) is 1.15. The standard InChI is InChI=1S/C18H23N5O3/c24-11-13-2-1-6-23(10-13)17-14-3-7-22(8-4-15(14)19-12-20-17)18(25)16-5-9-26-21-16/h5,9,12-13,24H,1-4,6-8,10-11H2/t13-/m0/s1. The second-order valence-electron chi connectivity index (χ2n) is 6.94. The van der Waals surface area contributed by atoms with Crippen LogP contribution in [0.15, 0.2) is 23.2 Å². The van der Waals surface area contributed by atoms with Crippen molar-refractivity contribution in [2.24, 2.45) is 5.92 Å². The van der Waals surface area contributed by atoms with Crippen LogP contribution < -0.4 is 4.90 Å². The number of hydrogen-bond donors (Lipinski definition) is 1. The molecule has 2 aliphatic heterocycles. The van der Waals surface area contributed by atoms with Gasteiger partial charge in [-0.3, -0.25) is 4.79 Å². The maximum atomic E-state index is 12.6. The second kappa shape index (κ2) is 7.41. The van der Waals surface area contributed by atoms with Gasteiger partial charge < -0.3 is 19.4 Å². The van der Waals surface area contributed by atoms with Crippen molar-refractivity contribution in [2.45, 2.75) is 25.7 Å². The summed E-state index contributed by atoms with van der Waals surface area (Å²) in [6.07, 6.45) is 6.56. The van der Waals surface area contributed by atoms with Gasteiger partial charge in [-0.05, 0) is 25.2 Å². The largest absolute Gasteiger partial charge is 0.396 e. The second-order valence-corrected chi connectivity index (χ2v) is 6.94. The van der Waals surface area contributed by atoms with Crippen LogP contribution >= 0.6 is 0 Å². The average Bonchev–Trinajstić information content (AvgIpc) is 3.14. The molecule has 138 valence electrons. The lowest BCUT2D eigenvalue weighted by Gasteiger charge is -2.34. The predicted molar refractivity (Wildman–Crippen MR) is 93.9 cm³/mol. The van der Waals surface area contributed by atoms with E-state index in [1.165, 1.54) is 6.26 Å². The molecule has 4 rings (SSSR count). The molecule has 2 aromatic rings. The van der Waals surface area contributed by atoms with Crippen molar-refractivity contribution in [1.29, 1.82) is 0 Å². The third-order valence-electron chi connectivity index (χ3n) is 5.28. The Bertz CT molecular complexity index is 764. The van der Waals surface area contributed by atoms with Crippen LogP contribution in [-0.2, 0) is 12.8 Å². The minimum atomic E-state index is -0.112. The molecule has 2 aliphatic rings. The Balaban J connectivity index is 1.54. The Kier molecular flexibility index (Phi) is 4.83. The summed E-state index contributed by atoms with van der Waals surface area (Å²) in [6.45, 7) is 3.19. The molecular formula is C18H23N5O3. The SMILES string of the molecule is O=C(c1ccon1)N1CCc2ncnc(N3CCC[C@H](CO)C3)c2CC1. The number of rotatable bonds is 3. The number of piperidine rings is 1. The molecule has 0 spiro atoms. The van der Waals surface area contributed by atoms with E-state index in [-0.39, 0.29) is 12.5 Å². The van der Waals surface area contributed by atoms with Gasteiger partial charge in [-0.15, -0.1) is 0 Å². The van der Waals surface area contributed by atoms with Gasteiger partial charge in [-0.25, -0.2) is 9.97 Å². The van der Waals surface area contributed by atoms with Crippen LogP contribution in [0.2, 0.25) is 0 Å². The molecule has 0 bridgehead atoms. The Morgan fingerprint density at radius 2 is 2.15 bits per heavy atom. The summed E-state index contributed by atoms with van der Waals surface area (Å²) in [7, 11) is 0. The molecule has 1 atom stereocenters. The summed E-state index contributed by atoms with van der Waals surface area (Å²) in [4.78, 5) is 25.6. The fourth-order valence-electron chi connectivity index (χ4n) is 3.88. The van der Waals surface area contributed by atoms with Crippen LogP contribution in [0.25, 0.3) is 0 Å². The summed E-state index contributed by atoms with van der Waals surface area (Å²) in [5, 5.41) is 13.3. The molecular weight excluding hydrogens is 334 g/mol. The number of hydrogen-bond acceptors (Lipinski definition) is 7. The highest BCUT2D eigenvalue weighted by Gasteiger charge is 2.27. The monoisotopic (exact) mass is 357 g/mol. The molecule has 1 N–H and O–H groups in total. The van der Waals surface area contributed by atoms with E-state index < -0.39 is 0 Å². The Morgan fingerprint density at radius 3 is 2.96 bits per heavy atom. The first-order valence-corrected chi connectivity index (χ1v) is 9.14. The lowest BCUT2D eigenvalue weighted by atomic mass is 9.98. The predicted octanol–water partition coefficient (Wildman–Crippen LogP) is 0.914. The molecule has 0 aliphatic carbocycles. The maximum absolute atomic E-state index is 12.6. The third kappa shape index (κ3) is 3.29. The van der Waals surface area contributed by atoms with Crippen molar-refractivity contribution >= 4 is 11.7 Å². The van der Waals surface area contributed by atoms with Crippen LogP contribution in [0.5, 0.6) is 0 Å². The molecule has 8 nitrogen and oxygen atoms in total. The lowest BCUT2D eigenvalue weighted by Crippen LogP contribution is -2.38. The minimum absolute atomic E-state index is 0.112. The molecule has 1 saturated heterocycles. The lowest BCUT2D eigenvalue weighted by molar-refractivity contribution is 0.0752. The molecule has 26 heavy (non-hydrogen) atoms. The van der Waals surface area contributed by atoms with Crippen LogP contribution in [0.3, 0.4) is 0 Å². The van der Waals surface area contributed by atoms with E-state index in [0.29, 0.717) is 31.1 Å². The van der Waals surface area contributed by atoms with Crippen LogP contribution in [0.1, 0.15) is 34.6 Å². The molecule has 0 aromatic carbocycles. The van der Waals surface area contributed by atoms with Gasteiger partial charge in [-0.2, -0.15) is 0 Å². The maximum Gasteiger partial charge on any atom is 0.276 e. The summed E-state index contributed by atoms with van der Waals surface area (Å²) >= 11 is 0. The Labute approximate surface area is 151 Å². The Morgan fingerprint density at radius 1 is 1.27 bits per heavy atom. The van der Waals surface area contributed by atoms with Crippen molar-refractivity contribution in [3.8, 4) is 0 Å². The summed E-state index contributed by atoms with van der Waals surface area (Å²) in [5.41, 5.74) is 2.47. The van der Waals surface area contributed by atoms with E-state index in [4.69, 9.17) is 4.52 Å². The average molecular weight is 357 g/mol. The number of amides is 1. The quantitative estimate of drug-likeness (QED) is 0.872. The molecule has 0 saturated carbocycles. The highest BCUT2D eigenvalue weighted by Crippen LogP contribution is 2.28. The zero-order valence-corrected chi connectivity index (χ0v) is 14.7. The fourth-order valence-corrected chi connectivity index (χ4v) is 3.88. The Hall–Kier alpha value is -2.48. The molecule has 4 heterocycles. The topological polar surface area (TPSA) is 95.6 Å². The van der Waals surface area contributed by atoms with E-state index >= 15 is 0 Å². The zero-order valence-electron chi connectivity index (χ0n) is 14.7. The number of nitrogens with zero attached hydrogens (tertiary/aromatic N) is 5. The van der Waals surface area contributed by atoms with Crippen molar-refractivity contribution < 1.29 is 14.4 Å². The number of carbonyl (C=O) groups is 1. The van der Waals surface area contributed by atoms with E-state index in [2.05, 4.69) is 20.0 Å². The van der Waals surface area contributed by atoms with Crippen LogP contribution in [0.4, 0.5) is 5.82 Å². The van der Waals surface area contributed by atoms with Gasteiger partial charge in [0.2, 0.25) is 0 Å². The van der Waals surface area contributed by atoms with Gasteiger partial charge in [0.05, 0.1) is 5.69 Å². The number of anilines is 1. The van der Waals surface area contributed by atoms with Gasteiger partial charge in [-0.1, -0.05) is 5.16 Å². The molecule has 1 amide bonds. The van der Waals surface area contributed by atoms with Gasteiger partial charge in [0, 0.05) is 50.8 Å². The number of carbonyl (C=O) groups excluding carboxylic acids is 1. The van der Waals surface area contributed by atoms with Crippen molar-refractivity contribution in [2.75, 3.05) is 37.7 Å². The highest BCUT2D eigenvalue weighted by atomic mass is 16.5. The van der Waals surface area contributed by atoms with Gasteiger partial charge >= 0.3 is 0 Å². The fraction of sp³-hybridized carbons (Fsp3) is 0.556. The van der Waals surface area contributed by atoms with Crippen molar-refractivity contribution in [1.82, 2.24) is 20.0 Å². The van der Waals surface area contributed by atoms with E-state index in [1.807, 2.05) is 0 Å². The van der Waals surface area contributed by atoms with E-state index in [9.17, 15) is 9.90 Å². The number of fused-ring (bicyclic) bond motifs is 1. The molecule has 0 unspecified atom stereocenters. The van der Waals surface area contributed by atoms with Crippen LogP contribution in [0, 0.1) is 5.92 Å². The minimum Gasteiger partial charge on any atom is -0.396 e. The summed E-state index contributed by atoms with van der Waals surface area (Å²) in [6, 6.07) is 1.59. The number of aliphatic hydroxyl groups is 1. The molecule has 1 fully saturated rings. The summed E-state index contributed by atoms with van der Waals surface area (Å²) < 4.78 is 4.79. The molecule has 8 heteroatoms. The number of aliphatic hydroxyl groups excluding tert-OH is 1. The van der Waals surface area contributed by atoms with Gasteiger partial charge in [0.15, 0.2) is 5.69 Å².